The highest BCUT2D eigenvalue weighted by Gasteiger charge is 2.31. The van der Waals surface area contributed by atoms with Crippen molar-refractivity contribution in [2.24, 2.45) is 0 Å². The SMILES string of the molecule is CC(=O)N1CCN(c2cccc(-c3cc(-c4cnnn4C4CCOCC4)c4c(N)ncnn34)c2)CC1c1cccnc1. The molecule has 214 valence electrons. The minimum absolute atomic E-state index is 0.0659. The third-order valence-corrected chi connectivity index (χ3v) is 8.33. The molecule has 0 aliphatic carbocycles. The lowest BCUT2D eigenvalue weighted by molar-refractivity contribution is -0.131. The molecule has 2 aliphatic rings. The van der Waals surface area contributed by atoms with Gasteiger partial charge in [-0.2, -0.15) is 5.10 Å². The quantitative estimate of drug-likeness (QED) is 0.341. The second-order valence-corrected chi connectivity index (χ2v) is 10.8. The van der Waals surface area contributed by atoms with E-state index in [1.54, 1.807) is 19.3 Å². The van der Waals surface area contributed by atoms with Gasteiger partial charge in [-0.25, -0.2) is 14.2 Å². The van der Waals surface area contributed by atoms with E-state index in [1.165, 1.54) is 6.33 Å². The maximum Gasteiger partial charge on any atom is 0.220 e. The number of aromatic nitrogens is 7. The van der Waals surface area contributed by atoms with Gasteiger partial charge in [0.2, 0.25) is 5.91 Å². The van der Waals surface area contributed by atoms with Gasteiger partial charge in [0.05, 0.1) is 29.7 Å². The molecule has 0 saturated carbocycles. The highest BCUT2D eigenvalue weighted by molar-refractivity contribution is 5.91. The minimum Gasteiger partial charge on any atom is -0.382 e. The smallest absolute Gasteiger partial charge is 0.220 e. The van der Waals surface area contributed by atoms with Crippen molar-refractivity contribution in [3.63, 3.8) is 0 Å². The van der Waals surface area contributed by atoms with Crippen LogP contribution >= 0.6 is 0 Å². The molecule has 6 heterocycles. The average Bonchev–Trinajstić information content (AvgIpc) is 3.68. The second kappa shape index (κ2) is 10.9. The summed E-state index contributed by atoms with van der Waals surface area (Å²) in [6.45, 7) is 5.06. The summed E-state index contributed by atoms with van der Waals surface area (Å²) in [5.74, 6) is 0.456. The highest BCUT2D eigenvalue weighted by atomic mass is 16.5. The number of ether oxygens (including phenoxy) is 1. The number of rotatable bonds is 5. The van der Waals surface area contributed by atoms with Crippen molar-refractivity contribution in [3.05, 3.63) is 72.9 Å². The summed E-state index contributed by atoms with van der Waals surface area (Å²) in [4.78, 5) is 25.3. The number of hydrogen-bond acceptors (Lipinski definition) is 9. The predicted octanol–water partition coefficient (Wildman–Crippen LogP) is 3.39. The molecule has 0 bridgehead atoms. The Hall–Kier alpha value is -4.84. The van der Waals surface area contributed by atoms with E-state index in [2.05, 4.69) is 60.6 Å². The number of piperazine rings is 1. The van der Waals surface area contributed by atoms with Crippen LogP contribution in [0.15, 0.2) is 67.4 Å². The first-order valence-electron chi connectivity index (χ1n) is 14.2. The Kier molecular flexibility index (Phi) is 6.74. The van der Waals surface area contributed by atoms with E-state index in [9.17, 15) is 4.79 Å². The van der Waals surface area contributed by atoms with Crippen LogP contribution in [0.5, 0.6) is 0 Å². The van der Waals surface area contributed by atoms with Crippen molar-refractivity contribution >= 4 is 22.9 Å². The average molecular weight is 565 g/mol. The third kappa shape index (κ3) is 4.63. The van der Waals surface area contributed by atoms with Crippen LogP contribution in [0.1, 0.15) is 37.4 Å². The first-order chi connectivity index (χ1) is 20.6. The first-order valence-corrected chi connectivity index (χ1v) is 14.2. The van der Waals surface area contributed by atoms with Crippen LogP contribution in [0.3, 0.4) is 0 Å². The van der Waals surface area contributed by atoms with Crippen molar-refractivity contribution in [2.75, 3.05) is 43.5 Å². The standard InChI is InChI=1S/C30H32N10O2/c1-20(41)38-11-10-37(18-28(38)22-5-3-9-32-16-22)24-6-2-4-21(14-24)26-15-25(29-30(31)33-19-35-40(26)29)27-17-34-36-39(27)23-7-12-42-13-8-23/h2-6,9,14-17,19,23,28H,7-8,10-13,18H2,1H3,(H2,31,33,35). The zero-order chi connectivity index (χ0) is 28.6. The van der Waals surface area contributed by atoms with E-state index in [0.29, 0.717) is 32.1 Å². The molecule has 5 aromatic rings. The Bertz CT molecular complexity index is 1730. The number of pyridine rings is 1. The maximum atomic E-state index is 12.5. The molecule has 7 rings (SSSR count). The summed E-state index contributed by atoms with van der Waals surface area (Å²) in [6, 6.07) is 14.6. The zero-order valence-electron chi connectivity index (χ0n) is 23.4. The van der Waals surface area contributed by atoms with Gasteiger partial charge in [-0.05, 0) is 42.7 Å². The molecular formula is C30H32N10O2. The van der Waals surface area contributed by atoms with Crippen LogP contribution in [0, 0.1) is 0 Å². The van der Waals surface area contributed by atoms with Crippen LogP contribution in [-0.2, 0) is 9.53 Å². The molecule has 2 fully saturated rings. The fourth-order valence-electron chi connectivity index (χ4n) is 6.22. The van der Waals surface area contributed by atoms with Gasteiger partial charge in [0.15, 0.2) is 5.82 Å². The van der Waals surface area contributed by atoms with E-state index in [0.717, 1.165) is 58.7 Å². The van der Waals surface area contributed by atoms with E-state index in [-0.39, 0.29) is 18.0 Å². The zero-order valence-corrected chi connectivity index (χ0v) is 23.4. The van der Waals surface area contributed by atoms with Crippen molar-refractivity contribution in [2.45, 2.75) is 31.8 Å². The van der Waals surface area contributed by atoms with Crippen LogP contribution in [0.4, 0.5) is 11.5 Å². The monoisotopic (exact) mass is 564 g/mol. The van der Waals surface area contributed by atoms with Crippen LogP contribution < -0.4 is 10.6 Å². The van der Waals surface area contributed by atoms with Crippen LogP contribution in [0.25, 0.3) is 28.0 Å². The third-order valence-electron chi connectivity index (χ3n) is 8.33. The largest absolute Gasteiger partial charge is 0.382 e. The summed E-state index contributed by atoms with van der Waals surface area (Å²) in [5, 5.41) is 13.3. The Morgan fingerprint density at radius 2 is 1.93 bits per heavy atom. The van der Waals surface area contributed by atoms with Gasteiger partial charge in [0.1, 0.15) is 11.8 Å². The van der Waals surface area contributed by atoms with Gasteiger partial charge in [-0.3, -0.25) is 9.78 Å². The highest BCUT2D eigenvalue weighted by Crippen LogP contribution is 2.37. The van der Waals surface area contributed by atoms with Gasteiger partial charge < -0.3 is 20.3 Å². The number of benzene rings is 1. The molecule has 12 nitrogen and oxygen atoms in total. The number of nitrogens with two attached hydrogens (primary N) is 1. The van der Waals surface area contributed by atoms with Gasteiger partial charge in [-0.1, -0.05) is 23.4 Å². The summed E-state index contributed by atoms with van der Waals surface area (Å²) in [6.07, 6.45) is 8.61. The molecule has 0 spiro atoms. The second-order valence-electron chi connectivity index (χ2n) is 10.8. The van der Waals surface area contributed by atoms with Gasteiger partial charge >= 0.3 is 0 Å². The number of carbonyl (C=O) groups is 1. The lowest BCUT2D eigenvalue weighted by Crippen LogP contribution is -2.50. The molecule has 1 unspecified atom stereocenters. The lowest BCUT2D eigenvalue weighted by Gasteiger charge is -2.42. The van der Waals surface area contributed by atoms with Crippen molar-refractivity contribution in [1.82, 2.24) is 39.5 Å². The van der Waals surface area contributed by atoms with E-state index >= 15 is 0 Å². The lowest BCUT2D eigenvalue weighted by atomic mass is 10.0. The van der Waals surface area contributed by atoms with Gasteiger partial charge in [0, 0.05) is 69.0 Å². The molecule has 4 aromatic heterocycles. The molecular weight excluding hydrogens is 532 g/mol. The van der Waals surface area contributed by atoms with Crippen molar-refractivity contribution in [1.29, 1.82) is 0 Å². The number of fused-ring (bicyclic) bond motifs is 1. The molecule has 42 heavy (non-hydrogen) atoms. The van der Waals surface area contributed by atoms with Gasteiger partial charge in [-0.15, -0.1) is 5.10 Å². The van der Waals surface area contributed by atoms with Crippen molar-refractivity contribution in [3.8, 4) is 22.5 Å². The molecule has 12 heteroatoms. The first kappa shape index (κ1) is 26.1. The number of anilines is 2. The fourth-order valence-corrected chi connectivity index (χ4v) is 6.22. The van der Waals surface area contributed by atoms with Gasteiger partial charge in [0.25, 0.3) is 0 Å². The topological polar surface area (TPSA) is 133 Å². The number of nitrogen functional groups attached to an aromatic ring is 1. The predicted molar refractivity (Wildman–Crippen MR) is 158 cm³/mol. The minimum atomic E-state index is -0.0835. The number of carbonyl (C=O) groups excluding carboxylic acids is 1. The summed E-state index contributed by atoms with van der Waals surface area (Å²) in [5.41, 5.74) is 12.9. The van der Waals surface area contributed by atoms with Crippen LogP contribution in [-0.4, -0.2) is 78.2 Å². The molecule has 2 aliphatic heterocycles. The molecule has 2 N–H and O–H groups in total. The molecule has 1 aromatic carbocycles. The summed E-state index contributed by atoms with van der Waals surface area (Å²) >= 11 is 0. The molecule has 1 atom stereocenters. The number of hydrogen-bond donors (Lipinski definition) is 1. The van der Waals surface area contributed by atoms with E-state index in [4.69, 9.17) is 10.5 Å². The fraction of sp³-hybridized carbons (Fsp3) is 0.333. The Morgan fingerprint density at radius 1 is 1.05 bits per heavy atom. The Balaban J connectivity index is 1.27. The van der Waals surface area contributed by atoms with E-state index in [1.807, 2.05) is 32.4 Å². The molecule has 1 amide bonds. The van der Waals surface area contributed by atoms with Crippen molar-refractivity contribution < 1.29 is 9.53 Å². The van der Waals surface area contributed by atoms with Crippen LogP contribution in [0.2, 0.25) is 0 Å². The number of nitrogens with zero attached hydrogens (tertiary/aromatic N) is 9. The maximum absolute atomic E-state index is 12.5. The summed E-state index contributed by atoms with van der Waals surface area (Å²) < 4.78 is 9.41. The number of amides is 1. The summed E-state index contributed by atoms with van der Waals surface area (Å²) in [7, 11) is 0. The normalized spacial score (nSPS) is 18.1. The Morgan fingerprint density at radius 3 is 2.74 bits per heavy atom. The molecule has 2 saturated heterocycles. The van der Waals surface area contributed by atoms with E-state index < -0.39 is 0 Å². The molecule has 0 radical (unpaired) electrons. The Labute approximate surface area is 242 Å².